The van der Waals surface area contributed by atoms with Gasteiger partial charge in [0.25, 0.3) is 0 Å². The minimum atomic E-state index is -0.836. The Kier molecular flexibility index (Phi) is 7.73. The van der Waals surface area contributed by atoms with Gasteiger partial charge in [-0.1, -0.05) is 170 Å². The van der Waals surface area contributed by atoms with Crippen LogP contribution in [0.1, 0.15) is 22.3 Å². The number of imidazole rings is 1. The topological polar surface area (TPSA) is 61.4 Å². The van der Waals surface area contributed by atoms with E-state index in [0.29, 0.717) is 5.82 Å². The molecule has 6 nitrogen and oxygen atoms in total. The Balaban J connectivity index is 1.17. The summed E-state index contributed by atoms with van der Waals surface area (Å²) >= 11 is 0. The molecule has 2 aromatic heterocycles. The smallest absolute Gasteiger partial charge is 0.205 e. The molecule has 8 aromatic rings. The summed E-state index contributed by atoms with van der Waals surface area (Å²) in [6.45, 7) is 0.725. The second-order valence-corrected chi connectivity index (χ2v) is 11.7. The fraction of sp³-hybridized carbons (Fsp3) is 0.0476. The van der Waals surface area contributed by atoms with Gasteiger partial charge in [-0.3, -0.25) is 0 Å². The largest absolute Gasteiger partial charge is 0.326 e. The van der Waals surface area contributed by atoms with E-state index in [1.54, 1.807) is 4.80 Å². The Morgan fingerprint density at radius 1 is 0.500 bits per heavy atom. The normalized spacial score (nSPS) is 11.4. The van der Waals surface area contributed by atoms with Crippen LogP contribution in [-0.2, 0) is 12.1 Å². The first-order valence-corrected chi connectivity index (χ1v) is 16.0. The molecule has 0 N–H and O–H groups in total. The third-order valence-corrected chi connectivity index (χ3v) is 8.86. The number of nitrogens with zero attached hydrogens (tertiary/aromatic N) is 6. The van der Waals surface area contributed by atoms with Gasteiger partial charge in [0, 0.05) is 12.1 Å². The van der Waals surface area contributed by atoms with E-state index in [4.69, 9.17) is 15.4 Å². The molecular weight excluding hydrogens is 589 g/mol. The molecule has 8 rings (SSSR count). The van der Waals surface area contributed by atoms with Crippen molar-refractivity contribution in [3.8, 4) is 33.8 Å². The van der Waals surface area contributed by atoms with E-state index in [1.165, 1.54) is 5.56 Å². The molecule has 6 heteroatoms. The molecule has 0 spiro atoms. The molecule has 0 saturated carbocycles. The number of aromatic nitrogens is 6. The predicted octanol–water partition coefficient (Wildman–Crippen LogP) is 8.76. The predicted molar refractivity (Wildman–Crippen MR) is 190 cm³/mol. The molecule has 0 bridgehead atoms. The number of tetrazole rings is 1. The molecule has 2 heterocycles. The van der Waals surface area contributed by atoms with Crippen LogP contribution in [0.3, 0.4) is 0 Å². The maximum Gasteiger partial charge on any atom is 0.205 e. The Hall–Kier alpha value is -6.40. The van der Waals surface area contributed by atoms with Crippen LogP contribution in [-0.4, -0.2) is 29.8 Å². The van der Waals surface area contributed by atoms with Crippen LogP contribution in [0.15, 0.2) is 182 Å². The maximum absolute atomic E-state index is 5.16. The van der Waals surface area contributed by atoms with Crippen LogP contribution in [0.2, 0.25) is 0 Å². The minimum Gasteiger partial charge on any atom is -0.326 e. The van der Waals surface area contributed by atoms with Gasteiger partial charge in [-0.2, -0.15) is 0 Å². The van der Waals surface area contributed by atoms with Gasteiger partial charge >= 0.3 is 0 Å². The third kappa shape index (κ3) is 5.29. The number of benzene rings is 6. The summed E-state index contributed by atoms with van der Waals surface area (Å²) in [6.07, 6.45) is 3.81. The lowest BCUT2D eigenvalue weighted by Crippen LogP contribution is -2.39. The molecule has 48 heavy (non-hydrogen) atoms. The second kappa shape index (κ2) is 12.8. The average molecular weight is 621 g/mol. The van der Waals surface area contributed by atoms with Crippen molar-refractivity contribution in [1.29, 1.82) is 0 Å². The Bertz CT molecular complexity index is 2140. The van der Waals surface area contributed by atoms with Crippen molar-refractivity contribution >= 4 is 0 Å². The highest BCUT2D eigenvalue weighted by Gasteiger charge is 2.41. The first-order chi connectivity index (χ1) is 23.8. The lowest BCUT2D eigenvalue weighted by atomic mass is 9.77. The molecule has 0 atom stereocenters. The Morgan fingerprint density at radius 2 is 1.02 bits per heavy atom. The van der Waals surface area contributed by atoms with E-state index >= 15 is 0 Å². The van der Waals surface area contributed by atoms with Crippen molar-refractivity contribution in [3.63, 3.8) is 0 Å². The van der Waals surface area contributed by atoms with Crippen LogP contribution in [0, 0.1) is 0 Å². The van der Waals surface area contributed by atoms with Crippen molar-refractivity contribution in [1.82, 2.24) is 29.8 Å². The van der Waals surface area contributed by atoms with Crippen LogP contribution in [0.4, 0.5) is 0 Å². The molecule has 230 valence electrons. The zero-order valence-electron chi connectivity index (χ0n) is 26.2. The van der Waals surface area contributed by atoms with Gasteiger partial charge in [0.2, 0.25) is 5.82 Å². The zero-order chi connectivity index (χ0) is 32.2. The first-order valence-electron chi connectivity index (χ1n) is 16.0. The fourth-order valence-corrected chi connectivity index (χ4v) is 6.56. The molecule has 0 aliphatic heterocycles. The summed E-state index contributed by atoms with van der Waals surface area (Å²) < 4.78 is 2.18. The lowest BCUT2D eigenvalue weighted by Gasteiger charge is -2.34. The van der Waals surface area contributed by atoms with Gasteiger partial charge in [-0.25, -0.2) is 4.98 Å². The van der Waals surface area contributed by atoms with Crippen LogP contribution < -0.4 is 0 Å². The Morgan fingerprint density at radius 3 is 1.60 bits per heavy atom. The molecule has 6 aromatic carbocycles. The molecule has 0 aliphatic carbocycles. The number of hydrogen-bond donors (Lipinski definition) is 0. The summed E-state index contributed by atoms with van der Waals surface area (Å²) in [5.74, 6) is 0.563. The summed E-state index contributed by atoms with van der Waals surface area (Å²) in [4.78, 5) is 6.20. The number of hydrogen-bond acceptors (Lipinski definition) is 4. The van der Waals surface area contributed by atoms with Crippen molar-refractivity contribution in [2.75, 3.05) is 0 Å². The fourth-order valence-electron chi connectivity index (χ4n) is 6.56. The van der Waals surface area contributed by atoms with Crippen LogP contribution in [0.25, 0.3) is 33.8 Å². The highest BCUT2D eigenvalue weighted by molar-refractivity contribution is 5.80. The van der Waals surface area contributed by atoms with Crippen LogP contribution in [0.5, 0.6) is 0 Å². The van der Waals surface area contributed by atoms with Gasteiger partial charge in [-0.05, 0) is 44.2 Å². The van der Waals surface area contributed by atoms with E-state index < -0.39 is 5.54 Å². The molecule has 0 unspecified atom stereocenters. The molecular formula is C42H32N6. The van der Waals surface area contributed by atoms with Gasteiger partial charge in [-0.15, -0.1) is 15.0 Å². The van der Waals surface area contributed by atoms with Gasteiger partial charge in [0.1, 0.15) is 0 Å². The lowest BCUT2D eigenvalue weighted by molar-refractivity contribution is 0.396. The molecule has 0 amide bonds. The van der Waals surface area contributed by atoms with Crippen molar-refractivity contribution in [2.24, 2.45) is 0 Å². The van der Waals surface area contributed by atoms with E-state index in [1.807, 2.05) is 42.9 Å². The SMILES string of the molecule is c1ccc(-c2cncn2Cc2ccc(-c3ccccc3-c3nnn(C(c4ccccc4)(c4ccccc4)c4ccccc4)n3)cc2)cc1. The summed E-state index contributed by atoms with van der Waals surface area (Å²) in [7, 11) is 0. The molecule has 0 fully saturated rings. The molecule has 0 saturated heterocycles. The molecule has 0 radical (unpaired) electrons. The third-order valence-electron chi connectivity index (χ3n) is 8.86. The minimum absolute atomic E-state index is 0.563. The van der Waals surface area contributed by atoms with Gasteiger partial charge in [0.05, 0.1) is 18.2 Å². The highest BCUT2D eigenvalue weighted by atomic mass is 15.6. The monoisotopic (exact) mass is 620 g/mol. The summed E-state index contributed by atoms with van der Waals surface area (Å²) in [5, 5.41) is 14.6. The Labute approximate surface area is 279 Å². The zero-order valence-corrected chi connectivity index (χ0v) is 26.2. The maximum atomic E-state index is 5.16. The van der Waals surface area contributed by atoms with E-state index in [2.05, 4.69) is 149 Å². The van der Waals surface area contributed by atoms with Crippen molar-refractivity contribution < 1.29 is 0 Å². The summed E-state index contributed by atoms with van der Waals surface area (Å²) in [5.41, 5.74) is 8.78. The van der Waals surface area contributed by atoms with Crippen molar-refractivity contribution in [3.05, 3.63) is 205 Å². The van der Waals surface area contributed by atoms with Crippen molar-refractivity contribution in [2.45, 2.75) is 12.1 Å². The standard InChI is InChI=1S/C42H32N6/c1-5-15-34(16-6-1)40-29-43-31-47(40)30-32-25-27-33(28-26-32)38-23-13-14-24-39(38)41-44-46-48(45-41)42(35-17-7-2-8-18-35,36-19-9-3-10-20-36)37-21-11-4-12-22-37/h1-29,31H,30H2. The van der Waals surface area contributed by atoms with Gasteiger partial charge < -0.3 is 4.57 Å². The number of rotatable bonds is 9. The molecule has 0 aliphatic rings. The first kappa shape index (κ1) is 29.0. The summed E-state index contributed by atoms with van der Waals surface area (Å²) in [6, 6.07) is 58.5. The highest BCUT2D eigenvalue weighted by Crippen LogP contribution is 2.40. The van der Waals surface area contributed by atoms with E-state index in [0.717, 1.165) is 51.2 Å². The van der Waals surface area contributed by atoms with Crippen LogP contribution >= 0.6 is 0 Å². The van der Waals surface area contributed by atoms with Gasteiger partial charge in [0.15, 0.2) is 5.54 Å². The second-order valence-electron chi connectivity index (χ2n) is 11.7. The van der Waals surface area contributed by atoms with E-state index in [9.17, 15) is 0 Å². The van der Waals surface area contributed by atoms with E-state index in [-0.39, 0.29) is 0 Å². The quantitative estimate of drug-likeness (QED) is 0.151. The average Bonchev–Trinajstić information content (AvgIpc) is 3.85.